The molecule has 24 heavy (non-hydrogen) atoms. The summed E-state index contributed by atoms with van der Waals surface area (Å²) in [4.78, 5) is 31.1. The zero-order valence-electron chi connectivity index (χ0n) is 12.6. The van der Waals surface area contributed by atoms with E-state index in [4.69, 9.17) is 9.84 Å². The van der Waals surface area contributed by atoms with Crippen molar-refractivity contribution in [3.8, 4) is 10.7 Å². The van der Waals surface area contributed by atoms with Crippen molar-refractivity contribution >= 4 is 27.4 Å². The minimum Gasteiger partial charge on any atom is -0.481 e. The molecule has 1 aromatic carbocycles. The second-order valence-corrected chi connectivity index (χ2v) is 6.06. The topological polar surface area (TPSA) is 89.4 Å². The van der Waals surface area contributed by atoms with E-state index >= 15 is 0 Å². The van der Waals surface area contributed by atoms with E-state index in [1.165, 1.54) is 11.3 Å². The van der Waals surface area contributed by atoms with Gasteiger partial charge in [-0.15, -0.1) is 11.3 Å². The van der Waals surface area contributed by atoms with Gasteiger partial charge < -0.3 is 9.84 Å². The van der Waals surface area contributed by atoms with Gasteiger partial charge in [0.2, 0.25) is 0 Å². The van der Waals surface area contributed by atoms with E-state index in [0.717, 1.165) is 4.70 Å². The monoisotopic (exact) mass is 342 g/mol. The van der Waals surface area contributed by atoms with Gasteiger partial charge in [0.05, 0.1) is 36.4 Å². The number of aliphatic carboxylic acids is 1. The first-order valence-electron chi connectivity index (χ1n) is 7.29. The van der Waals surface area contributed by atoms with E-state index in [-0.39, 0.29) is 25.2 Å². The van der Waals surface area contributed by atoms with Crippen LogP contribution in [-0.2, 0) is 16.1 Å². The maximum atomic E-state index is 12.1. The molecule has 0 saturated carbocycles. The van der Waals surface area contributed by atoms with Crippen molar-refractivity contribution in [3.63, 3.8) is 0 Å². The van der Waals surface area contributed by atoms with Crippen molar-refractivity contribution < 1.29 is 14.6 Å². The number of carboxylic acid groups (broad SMARTS) is 1. The predicted octanol–water partition coefficient (Wildman–Crippen LogP) is 2.71. The van der Waals surface area contributed by atoms with Gasteiger partial charge in [-0.25, -0.2) is 4.98 Å². The molecule has 0 aliphatic rings. The summed E-state index contributed by atoms with van der Waals surface area (Å²) in [5.41, 5.74) is 0.985. The Bertz CT molecular complexity index is 939. The molecule has 2 heterocycles. The standard InChI is InChI=1S/C17H14N2O4S/c20-15(21)8-9-23-10-11-4-3-6-13(18-11)17-19-16(22)12-5-1-2-7-14(12)24-17/h1-7H,8-10H2,(H,20,21). The number of rotatable bonds is 6. The molecule has 0 atom stereocenters. The summed E-state index contributed by atoms with van der Waals surface area (Å²) in [6, 6.07) is 12.7. The van der Waals surface area contributed by atoms with Gasteiger partial charge in [-0.05, 0) is 24.3 Å². The third-order valence-corrected chi connectivity index (χ3v) is 4.33. The minimum atomic E-state index is -0.901. The molecule has 0 spiro atoms. The molecule has 122 valence electrons. The number of nitrogens with zero attached hydrogens (tertiary/aromatic N) is 2. The first kappa shape index (κ1) is 16.2. The Morgan fingerprint density at radius 3 is 2.79 bits per heavy atom. The molecule has 3 aromatic rings. The van der Waals surface area contributed by atoms with Gasteiger partial charge in [0.1, 0.15) is 5.01 Å². The Morgan fingerprint density at radius 2 is 1.96 bits per heavy atom. The largest absolute Gasteiger partial charge is 0.481 e. The van der Waals surface area contributed by atoms with E-state index < -0.39 is 5.97 Å². The number of fused-ring (bicyclic) bond motifs is 1. The number of carboxylic acids is 1. The first-order chi connectivity index (χ1) is 11.6. The molecule has 0 fully saturated rings. The lowest BCUT2D eigenvalue weighted by molar-refractivity contribution is -0.138. The number of hydrogen-bond donors (Lipinski definition) is 1. The summed E-state index contributed by atoms with van der Waals surface area (Å²) in [5.74, 6) is -0.901. The molecule has 1 N–H and O–H groups in total. The second kappa shape index (κ2) is 7.29. The highest BCUT2D eigenvalue weighted by Gasteiger charge is 2.08. The Morgan fingerprint density at radius 1 is 1.12 bits per heavy atom. The molecule has 0 amide bonds. The summed E-state index contributed by atoms with van der Waals surface area (Å²) in [5, 5.41) is 9.73. The molecular formula is C17H14N2O4S. The summed E-state index contributed by atoms with van der Waals surface area (Å²) in [6.45, 7) is 0.340. The van der Waals surface area contributed by atoms with Gasteiger partial charge in [0, 0.05) is 4.70 Å². The second-order valence-electron chi connectivity index (χ2n) is 5.03. The Balaban J connectivity index is 1.83. The highest BCUT2D eigenvalue weighted by atomic mass is 32.1. The van der Waals surface area contributed by atoms with Crippen LogP contribution in [0.5, 0.6) is 0 Å². The van der Waals surface area contributed by atoms with Crippen molar-refractivity contribution in [1.29, 1.82) is 0 Å². The maximum Gasteiger partial charge on any atom is 0.305 e. The molecule has 0 aliphatic heterocycles. The normalized spacial score (nSPS) is 10.8. The van der Waals surface area contributed by atoms with Gasteiger partial charge >= 0.3 is 5.97 Å². The Labute approximate surface area is 141 Å². The van der Waals surface area contributed by atoms with Crippen molar-refractivity contribution in [1.82, 2.24) is 9.97 Å². The van der Waals surface area contributed by atoms with Crippen LogP contribution >= 0.6 is 11.3 Å². The SMILES string of the molecule is O=C(O)CCOCc1cccc(-c2nc(=O)c3ccccc3s2)n1. The van der Waals surface area contributed by atoms with Crippen LogP contribution in [0, 0.1) is 0 Å². The number of aromatic nitrogens is 2. The summed E-state index contributed by atoms with van der Waals surface area (Å²) in [6.07, 6.45) is -0.0481. The van der Waals surface area contributed by atoms with Gasteiger partial charge in [-0.3, -0.25) is 9.59 Å². The summed E-state index contributed by atoms with van der Waals surface area (Å²) >= 11 is 1.40. The van der Waals surface area contributed by atoms with Crippen molar-refractivity contribution in [2.45, 2.75) is 13.0 Å². The van der Waals surface area contributed by atoms with E-state index in [9.17, 15) is 9.59 Å². The number of ether oxygens (including phenoxy) is 1. The van der Waals surface area contributed by atoms with Crippen molar-refractivity contribution in [2.24, 2.45) is 0 Å². The number of pyridine rings is 1. The molecule has 0 bridgehead atoms. The smallest absolute Gasteiger partial charge is 0.305 e. The third kappa shape index (κ3) is 3.81. The van der Waals surface area contributed by atoms with Crippen LogP contribution in [0.4, 0.5) is 0 Å². The van der Waals surface area contributed by atoms with E-state index in [0.29, 0.717) is 21.8 Å². The quantitative estimate of drug-likeness (QED) is 0.693. The summed E-state index contributed by atoms with van der Waals surface area (Å²) in [7, 11) is 0. The van der Waals surface area contributed by atoms with E-state index in [1.54, 1.807) is 18.2 Å². The maximum absolute atomic E-state index is 12.1. The fourth-order valence-electron chi connectivity index (χ4n) is 2.14. The molecule has 3 rings (SSSR count). The van der Waals surface area contributed by atoms with Gasteiger partial charge in [0.15, 0.2) is 0 Å². The molecule has 0 unspecified atom stereocenters. The lowest BCUT2D eigenvalue weighted by Crippen LogP contribution is -2.07. The van der Waals surface area contributed by atoms with Crippen LogP contribution in [0.2, 0.25) is 0 Å². The lowest BCUT2D eigenvalue weighted by atomic mass is 10.3. The van der Waals surface area contributed by atoms with Crippen LogP contribution < -0.4 is 5.56 Å². The molecule has 2 aromatic heterocycles. The highest BCUT2D eigenvalue weighted by Crippen LogP contribution is 2.24. The molecular weight excluding hydrogens is 328 g/mol. The average molecular weight is 342 g/mol. The Hall–Kier alpha value is -2.64. The summed E-state index contributed by atoms with van der Waals surface area (Å²) < 4.78 is 6.15. The van der Waals surface area contributed by atoms with E-state index in [1.807, 2.05) is 24.3 Å². The number of benzene rings is 1. The van der Waals surface area contributed by atoms with Crippen LogP contribution in [-0.4, -0.2) is 27.7 Å². The predicted molar refractivity (Wildman–Crippen MR) is 91.0 cm³/mol. The third-order valence-electron chi connectivity index (χ3n) is 3.26. The number of hydrogen-bond acceptors (Lipinski definition) is 6. The van der Waals surface area contributed by atoms with Gasteiger partial charge in [-0.2, -0.15) is 4.98 Å². The van der Waals surface area contributed by atoms with E-state index in [2.05, 4.69) is 9.97 Å². The van der Waals surface area contributed by atoms with Crippen LogP contribution in [0.3, 0.4) is 0 Å². The van der Waals surface area contributed by atoms with Crippen LogP contribution in [0.25, 0.3) is 20.8 Å². The zero-order valence-corrected chi connectivity index (χ0v) is 13.5. The average Bonchev–Trinajstić information content (AvgIpc) is 2.59. The zero-order chi connectivity index (χ0) is 16.9. The fraction of sp³-hybridized carbons (Fsp3) is 0.176. The highest BCUT2D eigenvalue weighted by molar-refractivity contribution is 7.21. The molecule has 7 heteroatoms. The minimum absolute atomic E-state index is 0.0481. The fourth-order valence-corrected chi connectivity index (χ4v) is 3.10. The number of carbonyl (C=O) groups is 1. The van der Waals surface area contributed by atoms with Gasteiger partial charge in [-0.1, -0.05) is 18.2 Å². The molecule has 0 aliphatic carbocycles. The molecule has 0 radical (unpaired) electrons. The van der Waals surface area contributed by atoms with Crippen molar-refractivity contribution in [2.75, 3.05) is 6.61 Å². The molecule has 6 nitrogen and oxygen atoms in total. The van der Waals surface area contributed by atoms with Crippen LogP contribution in [0.1, 0.15) is 12.1 Å². The first-order valence-corrected chi connectivity index (χ1v) is 8.11. The van der Waals surface area contributed by atoms with Gasteiger partial charge in [0.25, 0.3) is 5.56 Å². The van der Waals surface area contributed by atoms with Crippen molar-refractivity contribution in [3.05, 3.63) is 58.5 Å². The Kier molecular flexibility index (Phi) is 4.93. The lowest BCUT2D eigenvalue weighted by Gasteiger charge is -2.05. The molecule has 0 saturated heterocycles. The van der Waals surface area contributed by atoms with Crippen LogP contribution in [0.15, 0.2) is 47.3 Å².